The molecule has 8 heteroatoms. The fraction of sp³-hybridized carbons (Fsp3) is 0. The van der Waals surface area contributed by atoms with Crippen LogP contribution in [0.5, 0.6) is 0 Å². The lowest BCUT2D eigenvalue weighted by atomic mass is 10.3. The Morgan fingerprint density at radius 2 is 1.90 bits per heavy atom. The Morgan fingerprint density at radius 1 is 1.15 bits per heavy atom. The first-order valence-electron chi connectivity index (χ1n) is 5.68. The summed E-state index contributed by atoms with van der Waals surface area (Å²) in [5.74, 6) is 0.433. The van der Waals surface area contributed by atoms with Gasteiger partial charge in [-0.05, 0) is 12.1 Å². The van der Waals surface area contributed by atoms with Gasteiger partial charge in [-0.25, -0.2) is 19.7 Å². The molecular formula is C12H13N7O. The van der Waals surface area contributed by atoms with E-state index in [2.05, 4.69) is 25.3 Å². The second kappa shape index (κ2) is 6.14. The summed E-state index contributed by atoms with van der Waals surface area (Å²) in [4.78, 5) is 24.6. The van der Waals surface area contributed by atoms with Gasteiger partial charge in [0.25, 0.3) is 0 Å². The van der Waals surface area contributed by atoms with E-state index in [1.807, 2.05) is 18.2 Å². The third-order valence-corrected chi connectivity index (χ3v) is 2.29. The second-order valence-corrected chi connectivity index (χ2v) is 3.72. The molecule has 0 bridgehead atoms. The van der Waals surface area contributed by atoms with Gasteiger partial charge >= 0.3 is 6.03 Å². The van der Waals surface area contributed by atoms with Gasteiger partial charge in [-0.1, -0.05) is 18.2 Å². The molecule has 102 valence electrons. The van der Waals surface area contributed by atoms with Crippen LogP contribution in [-0.4, -0.2) is 26.0 Å². The lowest BCUT2D eigenvalue weighted by molar-refractivity contribution is 0.259. The Bertz CT molecular complexity index is 695. The van der Waals surface area contributed by atoms with Gasteiger partial charge < -0.3 is 21.8 Å². The van der Waals surface area contributed by atoms with E-state index in [1.165, 1.54) is 12.7 Å². The predicted molar refractivity (Wildman–Crippen MR) is 75.7 cm³/mol. The molecule has 8 nitrogen and oxygen atoms in total. The second-order valence-electron chi connectivity index (χ2n) is 3.72. The number of hydrogen-bond donors (Lipinski definition) is 4. The highest BCUT2D eigenvalue weighted by Gasteiger charge is 1.99. The van der Waals surface area contributed by atoms with Crippen molar-refractivity contribution in [2.75, 3.05) is 11.1 Å². The summed E-state index contributed by atoms with van der Waals surface area (Å²) in [5, 5.41) is 2.44. The molecule has 20 heavy (non-hydrogen) atoms. The number of carbonyl (C=O) groups is 1. The summed E-state index contributed by atoms with van der Waals surface area (Å²) >= 11 is 0. The van der Waals surface area contributed by atoms with Gasteiger partial charge in [-0.2, -0.15) is 0 Å². The van der Waals surface area contributed by atoms with Gasteiger partial charge in [-0.15, -0.1) is 0 Å². The number of rotatable bonds is 1. The number of amides is 2. The number of nitrogen functional groups attached to an aromatic ring is 1. The average molecular weight is 271 g/mol. The number of fused-ring (bicyclic) bond motifs is 1. The highest BCUT2D eigenvalue weighted by Crippen LogP contribution is 2.09. The molecule has 3 rings (SSSR count). The van der Waals surface area contributed by atoms with Gasteiger partial charge in [0.2, 0.25) is 0 Å². The van der Waals surface area contributed by atoms with Crippen molar-refractivity contribution in [2.45, 2.75) is 0 Å². The zero-order valence-corrected chi connectivity index (χ0v) is 10.4. The van der Waals surface area contributed by atoms with Crippen LogP contribution in [0.2, 0.25) is 0 Å². The van der Waals surface area contributed by atoms with E-state index in [9.17, 15) is 4.79 Å². The van der Waals surface area contributed by atoms with E-state index in [4.69, 9.17) is 11.5 Å². The van der Waals surface area contributed by atoms with E-state index in [1.54, 1.807) is 12.1 Å². The van der Waals surface area contributed by atoms with Gasteiger partial charge in [0.05, 0.1) is 6.33 Å². The van der Waals surface area contributed by atoms with Crippen molar-refractivity contribution in [3.05, 3.63) is 43.0 Å². The summed E-state index contributed by atoms with van der Waals surface area (Å²) < 4.78 is 0. The number of carbonyl (C=O) groups excluding carboxylic acids is 1. The zero-order valence-electron chi connectivity index (χ0n) is 10.4. The fourth-order valence-corrected chi connectivity index (χ4v) is 1.45. The van der Waals surface area contributed by atoms with Gasteiger partial charge in [0.15, 0.2) is 11.5 Å². The number of hydrogen-bond acceptors (Lipinski definition) is 5. The van der Waals surface area contributed by atoms with Crippen LogP contribution >= 0.6 is 0 Å². The summed E-state index contributed by atoms with van der Waals surface area (Å²) in [6.07, 6.45) is 2.92. The third-order valence-electron chi connectivity index (χ3n) is 2.29. The molecule has 0 saturated carbocycles. The molecule has 2 amide bonds. The number of nitrogens with one attached hydrogen (secondary N) is 2. The van der Waals surface area contributed by atoms with E-state index >= 15 is 0 Å². The van der Waals surface area contributed by atoms with Crippen LogP contribution in [0.15, 0.2) is 43.0 Å². The minimum absolute atomic E-state index is 0.433. The molecule has 2 heterocycles. The monoisotopic (exact) mass is 271 g/mol. The molecule has 0 aliphatic heterocycles. The number of aromatic amines is 1. The molecule has 0 fully saturated rings. The summed E-state index contributed by atoms with van der Waals surface area (Å²) in [6, 6.07) is 8.52. The summed E-state index contributed by atoms with van der Waals surface area (Å²) in [6.45, 7) is 0. The first-order chi connectivity index (χ1) is 9.66. The molecule has 0 aliphatic rings. The molecule has 3 aromatic rings. The molecule has 1 aromatic carbocycles. The van der Waals surface area contributed by atoms with Gasteiger partial charge in [-0.3, -0.25) is 0 Å². The Kier molecular flexibility index (Phi) is 4.07. The maximum atomic E-state index is 10.3. The van der Waals surface area contributed by atoms with Gasteiger partial charge in [0.1, 0.15) is 11.8 Å². The Labute approximate surface area is 114 Å². The maximum Gasteiger partial charge on any atom is 0.316 e. The van der Waals surface area contributed by atoms with E-state index < -0.39 is 6.03 Å². The number of H-pyrrole nitrogens is 1. The molecule has 0 saturated heterocycles. The van der Waals surface area contributed by atoms with Crippen molar-refractivity contribution in [3.8, 4) is 0 Å². The third kappa shape index (κ3) is 3.42. The van der Waals surface area contributed by atoms with Crippen molar-refractivity contribution in [2.24, 2.45) is 5.73 Å². The highest BCUT2D eigenvalue weighted by atomic mass is 16.2. The van der Waals surface area contributed by atoms with E-state index in [0.29, 0.717) is 17.0 Å². The number of imidazole rings is 1. The smallest absolute Gasteiger partial charge is 0.316 e. The summed E-state index contributed by atoms with van der Waals surface area (Å²) in [5.41, 5.74) is 12.4. The van der Waals surface area contributed by atoms with Crippen molar-refractivity contribution in [1.82, 2.24) is 19.9 Å². The number of para-hydroxylation sites is 1. The van der Waals surface area contributed by atoms with Gasteiger partial charge in [0, 0.05) is 5.69 Å². The number of aromatic nitrogens is 4. The van der Waals surface area contributed by atoms with Crippen molar-refractivity contribution in [3.63, 3.8) is 0 Å². The van der Waals surface area contributed by atoms with Crippen LogP contribution in [0.1, 0.15) is 0 Å². The minimum Gasteiger partial charge on any atom is -0.382 e. The number of benzene rings is 1. The lowest BCUT2D eigenvalue weighted by Crippen LogP contribution is -2.18. The normalized spacial score (nSPS) is 9.60. The lowest BCUT2D eigenvalue weighted by Gasteiger charge is -1.97. The first-order valence-corrected chi connectivity index (χ1v) is 5.68. The predicted octanol–water partition coefficient (Wildman–Crippen LogP) is 1.11. The van der Waals surface area contributed by atoms with Crippen molar-refractivity contribution in [1.29, 1.82) is 0 Å². The molecule has 0 radical (unpaired) electrons. The molecule has 0 aliphatic carbocycles. The van der Waals surface area contributed by atoms with E-state index in [-0.39, 0.29) is 0 Å². The quantitative estimate of drug-likeness (QED) is 0.525. The molecule has 0 atom stereocenters. The van der Waals surface area contributed by atoms with Crippen LogP contribution in [0.3, 0.4) is 0 Å². The average Bonchev–Trinajstić information content (AvgIpc) is 2.90. The molecule has 0 unspecified atom stereocenters. The highest BCUT2D eigenvalue weighted by molar-refractivity contribution is 5.87. The molecule has 0 spiro atoms. The number of nitrogens with two attached hydrogens (primary N) is 2. The Hall–Kier alpha value is -3.16. The molecular weight excluding hydrogens is 258 g/mol. The largest absolute Gasteiger partial charge is 0.382 e. The van der Waals surface area contributed by atoms with Crippen LogP contribution in [0, 0.1) is 0 Å². The van der Waals surface area contributed by atoms with Crippen molar-refractivity contribution >= 4 is 28.7 Å². The van der Waals surface area contributed by atoms with Crippen LogP contribution < -0.4 is 16.8 Å². The van der Waals surface area contributed by atoms with Crippen LogP contribution in [0.4, 0.5) is 16.3 Å². The number of primary amides is 1. The standard InChI is InChI=1S/C7H8N2O.C5H5N5/c8-7(10)9-6-4-2-1-3-5-6;6-4-3-5(9-1-7-3)10-2-8-4/h1-5H,(H3,8,9,10);1-2H,(H3,6,7,8,9,10). The van der Waals surface area contributed by atoms with Crippen LogP contribution in [-0.2, 0) is 0 Å². The fourth-order valence-electron chi connectivity index (χ4n) is 1.45. The summed E-state index contributed by atoms with van der Waals surface area (Å²) in [7, 11) is 0. The number of anilines is 2. The number of urea groups is 1. The van der Waals surface area contributed by atoms with Crippen LogP contribution in [0.25, 0.3) is 11.2 Å². The Balaban J connectivity index is 0.000000147. The zero-order chi connectivity index (χ0) is 14.4. The maximum absolute atomic E-state index is 10.3. The minimum atomic E-state index is -0.536. The molecule has 6 N–H and O–H groups in total. The first kappa shape index (κ1) is 13.3. The van der Waals surface area contributed by atoms with E-state index in [0.717, 1.165) is 5.69 Å². The number of nitrogens with zero attached hydrogens (tertiary/aromatic N) is 3. The molecule has 2 aromatic heterocycles. The topological polar surface area (TPSA) is 136 Å². The SMILES string of the molecule is NC(=O)Nc1ccccc1.Nc1ncnc2nc[nH]c12. The van der Waals surface area contributed by atoms with Crippen molar-refractivity contribution < 1.29 is 4.79 Å². The Morgan fingerprint density at radius 3 is 2.55 bits per heavy atom.